The summed E-state index contributed by atoms with van der Waals surface area (Å²) >= 11 is 0. The molecule has 2 rings (SSSR count). The predicted octanol–water partition coefficient (Wildman–Crippen LogP) is 3.99. The first kappa shape index (κ1) is 18.8. The zero-order chi connectivity index (χ0) is 18.4. The van der Waals surface area contributed by atoms with Gasteiger partial charge in [-0.15, -0.1) is 0 Å². The molecule has 25 heavy (non-hydrogen) atoms. The Morgan fingerprint density at radius 2 is 1.24 bits per heavy atom. The van der Waals surface area contributed by atoms with E-state index < -0.39 is 11.9 Å². The standard InChI is InChI=1S/C20H25NO4/c1-5-21(6-2)14-9-11-15-16(12-10-14)18(20(23)25-8-4)13-17(15)19(22)24-7-3/h9-13H,5-8H2,1-4H3. The van der Waals surface area contributed by atoms with Gasteiger partial charge in [0, 0.05) is 18.8 Å². The summed E-state index contributed by atoms with van der Waals surface area (Å²) < 4.78 is 10.3. The molecule has 134 valence electrons. The molecular formula is C20H25NO4. The number of carbonyl (C=O) groups excluding carboxylic acids is 2. The summed E-state index contributed by atoms with van der Waals surface area (Å²) in [6, 6.07) is 9.24. The fourth-order valence-corrected chi connectivity index (χ4v) is 2.90. The first-order valence-corrected chi connectivity index (χ1v) is 8.73. The van der Waals surface area contributed by atoms with Gasteiger partial charge in [-0.05, 0) is 57.0 Å². The van der Waals surface area contributed by atoms with Crippen LogP contribution in [0.25, 0.3) is 11.1 Å². The van der Waals surface area contributed by atoms with E-state index in [4.69, 9.17) is 9.47 Å². The van der Waals surface area contributed by atoms with Gasteiger partial charge < -0.3 is 14.4 Å². The molecule has 0 radical (unpaired) electrons. The van der Waals surface area contributed by atoms with Crippen LogP contribution in [0.5, 0.6) is 0 Å². The summed E-state index contributed by atoms with van der Waals surface area (Å²) in [5.41, 5.74) is 3.20. The second-order valence-electron chi connectivity index (χ2n) is 5.50. The van der Waals surface area contributed by atoms with Crippen LogP contribution < -0.4 is 4.90 Å². The van der Waals surface area contributed by atoms with E-state index in [1.54, 1.807) is 19.9 Å². The highest BCUT2D eigenvalue weighted by Gasteiger charge is 2.25. The van der Waals surface area contributed by atoms with E-state index in [1.165, 1.54) is 0 Å². The first-order chi connectivity index (χ1) is 12.1. The van der Waals surface area contributed by atoms with E-state index >= 15 is 0 Å². The summed E-state index contributed by atoms with van der Waals surface area (Å²) in [5, 5.41) is 0. The third-order valence-corrected chi connectivity index (χ3v) is 4.12. The molecule has 0 saturated heterocycles. The van der Waals surface area contributed by atoms with Gasteiger partial charge in [-0.1, -0.05) is 12.1 Å². The number of rotatable bonds is 7. The van der Waals surface area contributed by atoms with Gasteiger partial charge in [0.2, 0.25) is 0 Å². The zero-order valence-corrected chi connectivity index (χ0v) is 15.3. The molecule has 0 unspecified atom stereocenters. The lowest BCUT2D eigenvalue weighted by Gasteiger charge is -2.19. The monoisotopic (exact) mass is 343 g/mol. The maximum absolute atomic E-state index is 12.3. The van der Waals surface area contributed by atoms with Crippen LogP contribution in [0.2, 0.25) is 0 Å². The molecule has 2 aliphatic rings. The molecule has 5 heteroatoms. The number of nitrogens with zero attached hydrogens (tertiary/aromatic N) is 1. The quantitative estimate of drug-likeness (QED) is 0.712. The van der Waals surface area contributed by atoms with Crippen LogP contribution in [0, 0.1) is 0 Å². The topological polar surface area (TPSA) is 55.8 Å². The number of ether oxygens (including phenoxy) is 2. The largest absolute Gasteiger partial charge is 0.462 e. The fourth-order valence-electron chi connectivity index (χ4n) is 2.90. The van der Waals surface area contributed by atoms with Crippen molar-refractivity contribution in [3.8, 4) is 11.1 Å². The summed E-state index contributed by atoms with van der Waals surface area (Å²) in [6.07, 6.45) is 0. The Balaban J connectivity index is 2.61. The second-order valence-corrected chi connectivity index (χ2v) is 5.50. The highest BCUT2D eigenvalue weighted by Crippen LogP contribution is 2.34. The zero-order valence-electron chi connectivity index (χ0n) is 15.3. The first-order valence-electron chi connectivity index (χ1n) is 8.73. The Morgan fingerprint density at radius 1 is 0.800 bits per heavy atom. The Hall–Kier alpha value is -2.56. The predicted molar refractivity (Wildman–Crippen MR) is 98.5 cm³/mol. The molecule has 0 N–H and O–H groups in total. The number of anilines is 1. The van der Waals surface area contributed by atoms with Crippen molar-refractivity contribution in [1.82, 2.24) is 0 Å². The fraction of sp³-hybridized carbons (Fsp3) is 0.400. The van der Waals surface area contributed by atoms with Crippen LogP contribution in [0.1, 0.15) is 48.4 Å². The summed E-state index contributed by atoms with van der Waals surface area (Å²) in [5.74, 6) is -0.864. The van der Waals surface area contributed by atoms with Gasteiger partial charge in [0.05, 0.1) is 24.3 Å². The second kappa shape index (κ2) is 8.51. The van der Waals surface area contributed by atoms with E-state index in [1.807, 2.05) is 24.3 Å². The number of esters is 2. The lowest BCUT2D eigenvalue weighted by Crippen LogP contribution is -2.21. The van der Waals surface area contributed by atoms with Crippen molar-refractivity contribution >= 4 is 17.6 Å². The average Bonchev–Trinajstić information content (AvgIpc) is 2.84. The summed E-state index contributed by atoms with van der Waals surface area (Å²) in [4.78, 5) is 26.8. The smallest absolute Gasteiger partial charge is 0.338 e. The van der Waals surface area contributed by atoms with Crippen molar-refractivity contribution in [2.75, 3.05) is 31.2 Å². The molecule has 0 atom stereocenters. The number of fused-ring (bicyclic) bond motifs is 1. The van der Waals surface area contributed by atoms with Crippen molar-refractivity contribution in [1.29, 1.82) is 0 Å². The maximum atomic E-state index is 12.3. The Kier molecular flexibility index (Phi) is 6.39. The van der Waals surface area contributed by atoms with Gasteiger partial charge in [-0.2, -0.15) is 0 Å². The molecule has 5 nitrogen and oxygen atoms in total. The van der Waals surface area contributed by atoms with Crippen LogP contribution in [0.3, 0.4) is 0 Å². The minimum atomic E-state index is -0.432. The van der Waals surface area contributed by atoms with E-state index in [2.05, 4.69) is 18.7 Å². The van der Waals surface area contributed by atoms with E-state index in [0.717, 1.165) is 18.8 Å². The van der Waals surface area contributed by atoms with E-state index in [9.17, 15) is 9.59 Å². The van der Waals surface area contributed by atoms with Crippen LogP contribution >= 0.6 is 0 Å². The molecule has 0 fully saturated rings. The number of hydrogen-bond acceptors (Lipinski definition) is 5. The molecule has 0 bridgehead atoms. The third-order valence-electron chi connectivity index (χ3n) is 4.12. The van der Waals surface area contributed by atoms with Crippen molar-refractivity contribution in [3.63, 3.8) is 0 Å². The van der Waals surface area contributed by atoms with E-state index in [-0.39, 0.29) is 13.2 Å². The summed E-state index contributed by atoms with van der Waals surface area (Å²) in [7, 11) is 0. The SMILES string of the molecule is CCOC(=O)c1cc(C(=O)OCC)c2ccc(N(CC)CC)ccc1-2. The van der Waals surface area contributed by atoms with Gasteiger partial charge in [-0.25, -0.2) is 9.59 Å². The minimum Gasteiger partial charge on any atom is -0.462 e. The molecule has 0 spiro atoms. The maximum Gasteiger partial charge on any atom is 0.338 e. The Bertz CT molecular complexity index is 669. The number of hydrogen-bond donors (Lipinski definition) is 0. The third kappa shape index (κ3) is 3.92. The van der Waals surface area contributed by atoms with Gasteiger partial charge in [0.15, 0.2) is 0 Å². The lowest BCUT2D eigenvalue weighted by atomic mass is 10.1. The van der Waals surface area contributed by atoms with Gasteiger partial charge >= 0.3 is 11.9 Å². The molecule has 0 amide bonds. The molecule has 0 aromatic carbocycles. The van der Waals surface area contributed by atoms with Gasteiger partial charge in [-0.3, -0.25) is 0 Å². The van der Waals surface area contributed by atoms with Crippen molar-refractivity contribution in [2.45, 2.75) is 27.7 Å². The van der Waals surface area contributed by atoms with Crippen molar-refractivity contribution in [2.24, 2.45) is 0 Å². The normalized spacial score (nSPS) is 10.6. The Labute approximate surface area is 148 Å². The van der Waals surface area contributed by atoms with Crippen LogP contribution in [0.4, 0.5) is 5.69 Å². The highest BCUT2D eigenvalue weighted by atomic mass is 16.5. The molecule has 0 heterocycles. The molecular weight excluding hydrogens is 318 g/mol. The average molecular weight is 343 g/mol. The van der Waals surface area contributed by atoms with Crippen molar-refractivity contribution in [3.05, 3.63) is 41.5 Å². The highest BCUT2D eigenvalue weighted by molar-refractivity contribution is 6.08. The van der Waals surface area contributed by atoms with Crippen molar-refractivity contribution < 1.29 is 19.1 Å². The molecule has 0 saturated carbocycles. The van der Waals surface area contributed by atoms with Crippen LogP contribution in [0.15, 0.2) is 30.3 Å². The Morgan fingerprint density at radius 3 is 1.60 bits per heavy atom. The minimum absolute atomic E-state index is 0.282. The van der Waals surface area contributed by atoms with Crippen LogP contribution in [-0.2, 0) is 9.47 Å². The summed E-state index contributed by atoms with van der Waals surface area (Å²) in [6.45, 7) is 10.0. The van der Waals surface area contributed by atoms with Gasteiger partial charge in [0.25, 0.3) is 0 Å². The lowest BCUT2D eigenvalue weighted by molar-refractivity contribution is 0.0525. The molecule has 0 aliphatic heterocycles. The van der Waals surface area contributed by atoms with E-state index in [0.29, 0.717) is 22.3 Å². The van der Waals surface area contributed by atoms with Gasteiger partial charge in [0.1, 0.15) is 0 Å². The molecule has 0 aromatic heterocycles. The number of carbonyl (C=O) groups is 2. The molecule has 0 aromatic rings. The molecule has 2 aliphatic carbocycles. The van der Waals surface area contributed by atoms with Crippen LogP contribution in [-0.4, -0.2) is 38.2 Å².